The molecule has 0 aromatic carbocycles. The van der Waals surface area contributed by atoms with Gasteiger partial charge in [-0.3, -0.25) is 4.99 Å². The molecule has 1 spiro atoms. The molecule has 0 bridgehead atoms. The van der Waals surface area contributed by atoms with Crippen LogP contribution in [0, 0.1) is 5.41 Å². The molecule has 1 N–H and O–H groups in total. The molecule has 146 valence electrons. The lowest BCUT2D eigenvalue weighted by molar-refractivity contribution is -0.0659. The predicted octanol–water partition coefficient (Wildman–Crippen LogP) is 3.42. The Bertz CT molecular complexity index is 432. The Morgan fingerprint density at radius 3 is 2.64 bits per heavy atom. The van der Waals surface area contributed by atoms with Crippen molar-refractivity contribution < 1.29 is 9.47 Å². The van der Waals surface area contributed by atoms with Crippen molar-refractivity contribution in [3.8, 4) is 0 Å². The molecule has 3 aliphatic rings. The van der Waals surface area contributed by atoms with Crippen LogP contribution in [0.2, 0.25) is 0 Å². The molecule has 2 aliphatic heterocycles. The minimum atomic E-state index is 0. The third-order valence-electron chi connectivity index (χ3n) is 6.08. The van der Waals surface area contributed by atoms with E-state index < -0.39 is 0 Å². The van der Waals surface area contributed by atoms with Gasteiger partial charge in [-0.1, -0.05) is 26.2 Å². The van der Waals surface area contributed by atoms with Crippen molar-refractivity contribution in [3.63, 3.8) is 0 Å². The molecular formula is C19H36IN3O2. The minimum absolute atomic E-state index is 0. The maximum absolute atomic E-state index is 6.31. The Balaban J connectivity index is 0.00000225. The van der Waals surface area contributed by atoms with Crippen molar-refractivity contribution in [3.05, 3.63) is 0 Å². The molecule has 2 saturated heterocycles. The smallest absolute Gasteiger partial charge is 0.193 e. The van der Waals surface area contributed by atoms with Crippen LogP contribution in [-0.2, 0) is 9.47 Å². The Labute approximate surface area is 170 Å². The summed E-state index contributed by atoms with van der Waals surface area (Å²) in [6.07, 6.45) is 9.78. The van der Waals surface area contributed by atoms with Crippen molar-refractivity contribution in [2.24, 2.45) is 10.4 Å². The fourth-order valence-electron chi connectivity index (χ4n) is 4.55. The Morgan fingerprint density at radius 1 is 1.20 bits per heavy atom. The van der Waals surface area contributed by atoms with E-state index in [1.165, 1.54) is 44.9 Å². The summed E-state index contributed by atoms with van der Waals surface area (Å²) in [5, 5.41) is 3.65. The van der Waals surface area contributed by atoms with Crippen LogP contribution in [0.15, 0.2) is 4.99 Å². The number of halogens is 1. The van der Waals surface area contributed by atoms with E-state index in [9.17, 15) is 0 Å². The number of hydrogen-bond acceptors (Lipinski definition) is 3. The fourth-order valence-corrected chi connectivity index (χ4v) is 4.55. The molecule has 25 heavy (non-hydrogen) atoms. The minimum Gasteiger partial charge on any atom is -0.381 e. The topological polar surface area (TPSA) is 46.1 Å². The Hall–Kier alpha value is -0.0800. The second kappa shape index (κ2) is 9.74. The predicted molar refractivity (Wildman–Crippen MR) is 113 cm³/mol. The normalized spacial score (nSPS) is 29.0. The van der Waals surface area contributed by atoms with Gasteiger partial charge in [-0.15, -0.1) is 24.0 Å². The van der Waals surface area contributed by atoms with Gasteiger partial charge in [0.1, 0.15) is 0 Å². The molecule has 1 aliphatic carbocycles. The molecule has 0 amide bonds. The molecule has 0 radical (unpaired) electrons. The van der Waals surface area contributed by atoms with E-state index >= 15 is 0 Å². The highest BCUT2D eigenvalue weighted by Crippen LogP contribution is 2.38. The highest BCUT2D eigenvalue weighted by Gasteiger charge is 2.42. The second-order valence-corrected chi connectivity index (χ2v) is 7.97. The van der Waals surface area contributed by atoms with E-state index in [0.717, 1.165) is 51.8 Å². The first-order chi connectivity index (χ1) is 11.7. The van der Waals surface area contributed by atoms with Gasteiger partial charge in [0.25, 0.3) is 0 Å². The average Bonchev–Trinajstić information content (AvgIpc) is 3.25. The summed E-state index contributed by atoms with van der Waals surface area (Å²) >= 11 is 0. The molecule has 1 unspecified atom stereocenters. The van der Waals surface area contributed by atoms with Gasteiger partial charge in [-0.2, -0.15) is 0 Å². The summed E-state index contributed by atoms with van der Waals surface area (Å²) in [5.74, 6) is 1.05. The highest BCUT2D eigenvalue weighted by atomic mass is 127. The zero-order valence-electron chi connectivity index (χ0n) is 16.0. The van der Waals surface area contributed by atoms with Crippen LogP contribution in [0.5, 0.6) is 0 Å². The number of guanidine groups is 1. The maximum Gasteiger partial charge on any atom is 0.193 e. The van der Waals surface area contributed by atoms with Crippen molar-refractivity contribution in [2.75, 3.05) is 46.5 Å². The largest absolute Gasteiger partial charge is 0.381 e. The second-order valence-electron chi connectivity index (χ2n) is 7.97. The standard InChI is InChI=1S/C19H35N3O2.HI/c1-3-12-24-19(7-5-4-6-8-19)14-21-17(20-2)22-11-9-18(15-22)10-13-23-16-18;/h3-16H2,1-2H3,(H,20,21);1H. The lowest BCUT2D eigenvalue weighted by Crippen LogP contribution is -2.50. The van der Waals surface area contributed by atoms with E-state index in [1.54, 1.807) is 0 Å². The first-order valence-corrected chi connectivity index (χ1v) is 9.88. The van der Waals surface area contributed by atoms with Crippen LogP contribution in [0.25, 0.3) is 0 Å². The van der Waals surface area contributed by atoms with Gasteiger partial charge in [0.05, 0.1) is 12.2 Å². The molecule has 5 nitrogen and oxygen atoms in total. The van der Waals surface area contributed by atoms with Gasteiger partial charge in [0.15, 0.2) is 5.96 Å². The van der Waals surface area contributed by atoms with Gasteiger partial charge in [0.2, 0.25) is 0 Å². The summed E-state index contributed by atoms with van der Waals surface area (Å²) in [5.41, 5.74) is 0.386. The summed E-state index contributed by atoms with van der Waals surface area (Å²) < 4.78 is 12.0. The van der Waals surface area contributed by atoms with Crippen LogP contribution in [0.3, 0.4) is 0 Å². The van der Waals surface area contributed by atoms with Gasteiger partial charge in [-0.05, 0) is 32.1 Å². The van der Waals surface area contributed by atoms with Crippen LogP contribution in [-0.4, -0.2) is 63.0 Å². The van der Waals surface area contributed by atoms with Crippen molar-refractivity contribution in [1.29, 1.82) is 0 Å². The third-order valence-corrected chi connectivity index (χ3v) is 6.08. The zero-order chi connectivity index (χ0) is 16.9. The quantitative estimate of drug-likeness (QED) is 0.384. The molecular weight excluding hydrogens is 429 g/mol. The monoisotopic (exact) mass is 465 g/mol. The van der Waals surface area contributed by atoms with Gasteiger partial charge < -0.3 is 19.7 Å². The van der Waals surface area contributed by atoms with E-state index in [-0.39, 0.29) is 29.6 Å². The molecule has 1 saturated carbocycles. The number of nitrogens with one attached hydrogen (secondary N) is 1. The fraction of sp³-hybridized carbons (Fsp3) is 0.947. The number of aliphatic imine (C=N–C) groups is 1. The van der Waals surface area contributed by atoms with E-state index in [2.05, 4.69) is 22.1 Å². The summed E-state index contributed by atoms with van der Waals surface area (Å²) in [7, 11) is 1.90. The molecule has 0 aromatic heterocycles. The lowest BCUT2D eigenvalue weighted by Gasteiger charge is -2.38. The van der Waals surface area contributed by atoms with E-state index in [1.807, 2.05) is 7.05 Å². The van der Waals surface area contributed by atoms with Crippen molar-refractivity contribution in [2.45, 2.75) is 63.9 Å². The van der Waals surface area contributed by atoms with Gasteiger partial charge >= 0.3 is 0 Å². The first-order valence-electron chi connectivity index (χ1n) is 9.88. The highest BCUT2D eigenvalue weighted by molar-refractivity contribution is 14.0. The van der Waals surface area contributed by atoms with E-state index in [0.29, 0.717) is 5.41 Å². The van der Waals surface area contributed by atoms with Crippen molar-refractivity contribution in [1.82, 2.24) is 10.2 Å². The third kappa shape index (κ3) is 5.22. The number of rotatable bonds is 5. The van der Waals surface area contributed by atoms with Crippen LogP contribution >= 0.6 is 24.0 Å². The number of nitrogens with zero attached hydrogens (tertiary/aromatic N) is 2. The van der Waals surface area contributed by atoms with Crippen LogP contribution in [0.1, 0.15) is 58.3 Å². The number of hydrogen-bond donors (Lipinski definition) is 1. The van der Waals surface area contributed by atoms with Gasteiger partial charge in [0, 0.05) is 45.3 Å². The molecule has 3 rings (SSSR count). The Morgan fingerprint density at radius 2 is 2.00 bits per heavy atom. The van der Waals surface area contributed by atoms with E-state index in [4.69, 9.17) is 9.47 Å². The number of likely N-dealkylation sites (tertiary alicyclic amines) is 1. The lowest BCUT2D eigenvalue weighted by atomic mass is 9.84. The first kappa shape index (κ1) is 21.2. The maximum atomic E-state index is 6.31. The molecule has 2 heterocycles. The van der Waals surface area contributed by atoms with Crippen molar-refractivity contribution >= 4 is 29.9 Å². The zero-order valence-corrected chi connectivity index (χ0v) is 18.3. The SMILES string of the molecule is CCCOC1(CNC(=NC)N2CCC3(CCOC3)C2)CCCCC1.I. The van der Waals surface area contributed by atoms with Crippen LogP contribution in [0.4, 0.5) is 0 Å². The summed E-state index contributed by atoms with van der Waals surface area (Å²) in [4.78, 5) is 6.98. The molecule has 3 fully saturated rings. The molecule has 0 aromatic rings. The van der Waals surface area contributed by atoms with Crippen LogP contribution < -0.4 is 5.32 Å². The molecule has 6 heteroatoms. The summed E-state index contributed by atoms with van der Waals surface area (Å²) in [6, 6.07) is 0. The molecule has 1 atom stereocenters. The average molecular weight is 465 g/mol. The van der Waals surface area contributed by atoms with Gasteiger partial charge in [-0.25, -0.2) is 0 Å². The number of ether oxygens (including phenoxy) is 2. The Kier molecular flexibility index (Phi) is 8.27. The summed E-state index contributed by atoms with van der Waals surface area (Å²) in [6.45, 7) is 7.96.